The topological polar surface area (TPSA) is 42.4 Å². The third-order valence-electron chi connectivity index (χ3n) is 3.83. The predicted octanol–water partition coefficient (Wildman–Crippen LogP) is 4.25. The van der Waals surface area contributed by atoms with Gasteiger partial charge in [0.25, 0.3) is 0 Å². The van der Waals surface area contributed by atoms with Gasteiger partial charge in [-0.3, -0.25) is 4.98 Å². The summed E-state index contributed by atoms with van der Waals surface area (Å²) in [6, 6.07) is 19.5. The van der Waals surface area contributed by atoms with Crippen molar-refractivity contribution in [1.29, 1.82) is 0 Å². The van der Waals surface area contributed by atoms with Gasteiger partial charge in [0.2, 0.25) is 0 Å². The van der Waals surface area contributed by atoms with Crippen molar-refractivity contribution in [2.24, 2.45) is 0 Å². The molecule has 1 heterocycles. The summed E-state index contributed by atoms with van der Waals surface area (Å²) in [5.74, 6) is 1.14. The molecule has 0 saturated carbocycles. The average Bonchev–Trinajstić information content (AvgIpc) is 2.61. The molecule has 0 unspecified atom stereocenters. The summed E-state index contributed by atoms with van der Waals surface area (Å²) in [5.41, 5.74) is 4.45. The zero-order valence-electron chi connectivity index (χ0n) is 13.1. The highest BCUT2D eigenvalue weighted by Crippen LogP contribution is 2.23. The standard InChI is InChI=1S/C20H19NO2/c1-23-19-4-2-3-17(14-19)20-13-16(11-12-21-20)6-5-15-7-9-18(22)10-8-15/h2-4,7-14,22H,5-6H2,1H3. The SMILES string of the molecule is COc1cccc(-c2cc(CCc3ccc(O)cc3)ccn2)c1. The van der Waals surface area contributed by atoms with E-state index < -0.39 is 0 Å². The van der Waals surface area contributed by atoms with Gasteiger partial charge in [0.1, 0.15) is 11.5 Å². The van der Waals surface area contributed by atoms with Gasteiger partial charge in [0.05, 0.1) is 12.8 Å². The van der Waals surface area contributed by atoms with E-state index in [4.69, 9.17) is 4.74 Å². The van der Waals surface area contributed by atoms with Gasteiger partial charge in [-0.1, -0.05) is 24.3 Å². The van der Waals surface area contributed by atoms with Gasteiger partial charge < -0.3 is 9.84 Å². The fourth-order valence-electron chi connectivity index (χ4n) is 2.52. The molecule has 0 atom stereocenters. The Morgan fingerprint density at radius 3 is 2.48 bits per heavy atom. The van der Waals surface area contributed by atoms with E-state index in [-0.39, 0.29) is 0 Å². The third kappa shape index (κ3) is 3.89. The molecule has 1 aromatic heterocycles. The Morgan fingerprint density at radius 2 is 1.70 bits per heavy atom. The number of phenolic OH excluding ortho intramolecular Hbond substituents is 1. The molecule has 3 heteroatoms. The zero-order valence-corrected chi connectivity index (χ0v) is 13.1. The van der Waals surface area contributed by atoms with E-state index in [1.807, 2.05) is 48.7 Å². The van der Waals surface area contributed by atoms with Crippen molar-refractivity contribution in [1.82, 2.24) is 4.98 Å². The van der Waals surface area contributed by atoms with Crippen LogP contribution in [-0.2, 0) is 12.8 Å². The molecule has 0 radical (unpaired) electrons. The van der Waals surface area contributed by atoms with Crippen LogP contribution in [0.3, 0.4) is 0 Å². The van der Waals surface area contributed by atoms with Crippen LogP contribution < -0.4 is 4.74 Å². The molecule has 0 amide bonds. The monoisotopic (exact) mass is 305 g/mol. The minimum absolute atomic E-state index is 0.304. The van der Waals surface area contributed by atoms with Crippen LogP contribution in [0.2, 0.25) is 0 Å². The number of hydrogen-bond donors (Lipinski definition) is 1. The number of benzene rings is 2. The van der Waals surface area contributed by atoms with E-state index in [1.165, 1.54) is 11.1 Å². The summed E-state index contributed by atoms with van der Waals surface area (Å²) in [4.78, 5) is 4.46. The number of aromatic hydroxyl groups is 1. The first-order valence-electron chi connectivity index (χ1n) is 7.62. The van der Waals surface area contributed by atoms with Crippen LogP contribution in [0.5, 0.6) is 11.5 Å². The highest BCUT2D eigenvalue weighted by atomic mass is 16.5. The van der Waals surface area contributed by atoms with E-state index in [0.29, 0.717) is 5.75 Å². The molecule has 2 aromatic carbocycles. The van der Waals surface area contributed by atoms with Crippen LogP contribution >= 0.6 is 0 Å². The Kier molecular flexibility index (Phi) is 4.57. The smallest absolute Gasteiger partial charge is 0.119 e. The lowest BCUT2D eigenvalue weighted by atomic mass is 10.0. The van der Waals surface area contributed by atoms with E-state index in [1.54, 1.807) is 19.2 Å². The van der Waals surface area contributed by atoms with E-state index in [2.05, 4.69) is 11.1 Å². The number of hydrogen-bond acceptors (Lipinski definition) is 3. The fraction of sp³-hybridized carbons (Fsp3) is 0.150. The van der Waals surface area contributed by atoms with Gasteiger partial charge >= 0.3 is 0 Å². The molecule has 3 rings (SSSR count). The molecule has 23 heavy (non-hydrogen) atoms. The van der Waals surface area contributed by atoms with Crippen LogP contribution in [0.25, 0.3) is 11.3 Å². The summed E-state index contributed by atoms with van der Waals surface area (Å²) >= 11 is 0. The first-order chi connectivity index (χ1) is 11.2. The lowest BCUT2D eigenvalue weighted by Crippen LogP contribution is -1.93. The zero-order chi connectivity index (χ0) is 16.1. The number of methoxy groups -OCH3 is 1. The molecule has 0 fully saturated rings. The molecule has 3 aromatic rings. The quantitative estimate of drug-likeness (QED) is 0.766. The Morgan fingerprint density at radius 1 is 0.913 bits per heavy atom. The molecular weight excluding hydrogens is 286 g/mol. The van der Waals surface area contributed by atoms with Crippen LogP contribution in [0.4, 0.5) is 0 Å². The molecule has 0 aliphatic carbocycles. The Labute approximate surface area is 136 Å². The van der Waals surface area contributed by atoms with Gasteiger partial charge in [-0.05, 0) is 60.4 Å². The molecule has 0 saturated heterocycles. The minimum atomic E-state index is 0.304. The van der Waals surface area contributed by atoms with Crippen molar-refractivity contribution >= 4 is 0 Å². The molecule has 0 spiro atoms. The van der Waals surface area contributed by atoms with Crippen molar-refractivity contribution in [2.75, 3.05) is 7.11 Å². The first-order valence-corrected chi connectivity index (χ1v) is 7.62. The number of pyridine rings is 1. The molecule has 0 bridgehead atoms. The maximum atomic E-state index is 9.33. The number of nitrogens with zero attached hydrogens (tertiary/aromatic N) is 1. The Balaban J connectivity index is 1.75. The molecular formula is C20H19NO2. The molecule has 116 valence electrons. The number of ether oxygens (including phenoxy) is 1. The number of aryl methyl sites for hydroxylation is 2. The van der Waals surface area contributed by atoms with Crippen LogP contribution in [0.15, 0.2) is 66.9 Å². The normalized spacial score (nSPS) is 10.5. The van der Waals surface area contributed by atoms with Gasteiger partial charge in [0, 0.05) is 11.8 Å². The largest absolute Gasteiger partial charge is 0.508 e. The maximum absolute atomic E-state index is 9.33. The van der Waals surface area contributed by atoms with Gasteiger partial charge in [-0.15, -0.1) is 0 Å². The minimum Gasteiger partial charge on any atom is -0.508 e. The predicted molar refractivity (Wildman–Crippen MR) is 91.7 cm³/mol. The second-order valence-corrected chi connectivity index (χ2v) is 5.45. The lowest BCUT2D eigenvalue weighted by Gasteiger charge is -2.07. The Hall–Kier alpha value is -2.81. The van der Waals surface area contributed by atoms with E-state index >= 15 is 0 Å². The second-order valence-electron chi connectivity index (χ2n) is 5.45. The summed E-state index contributed by atoms with van der Waals surface area (Å²) in [6.45, 7) is 0. The summed E-state index contributed by atoms with van der Waals surface area (Å²) < 4.78 is 5.27. The lowest BCUT2D eigenvalue weighted by molar-refractivity contribution is 0.415. The molecule has 1 N–H and O–H groups in total. The highest BCUT2D eigenvalue weighted by Gasteiger charge is 2.03. The summed E-state index contributed by atoms with van der Waals surface area (Å²) in [5, 5.41) is 9.33. The van der Waals surface area contributed by atoms with Crippen molar-refractivity contribution in [3.05, 3.63) is 78.0 Å². The van der Waals surface area contributed by atoms with Gasteiger partial charge in [0.15, 0.2) is 0 Å². The summed E-state index contributed by atoms with van der Waals surface area (Å²) in [7, 11) is 1.67. The fourth-order valence-corrected chi connectivity index (χ4v) is 2.52. The second kappa shape index (κ2) is 6.97. The van der Waals surface area contributed by atoms with Crippen molar-refractivity contribution in [3.63, 3.8) is 0 Å². The van der Waals surface area contributed by atoms with Crippen molar-refractivity contribution in [2.45, 2.75) is 12.8 Å². The van der Waals surface area contributed by atoms with E-state index in [0.717, 1.165) is 29.8 Å². The molecule has 3 nitrogen and oxygen atoms in total. The van der Waals surface area contributed by atoms with Crippen molar-refractivity contribution in [3.8, 4) is 22.8 Å². The Bertz CT molecular complexity index is 782. The molecule has 0 aliphatic rings. The maximum Gasteiger partial charge on any atom is 0.119 e. The van der Waals surface area contributed by atoms with Crippen molar-refractivity contribution < 1.29 is 9.84 Å². The van der Waals surface area contributed by atoms with Crippen LogP contribution in [0.1, 0.15) is 11.1 Å². The van der Waals surface area contributed by atoms with Gasteiger partial charge in [-0.2, -0.15) is 0 Å². The number of aromatic nitrogens is 1. The first kappa shape index (κ1) is 15.1. The number of phenols is 1. The van der Waals surface area contributed by atoms with E-state index in [9.17, 15) is 5.11 Å². The van der Waals surface area contributed by atoms with Gasteiger partial charge in [-0.25, -0.2) is 0 Å². The number of rotatable bonds is 5. The summed E-state index contributed by atoms with van der Waals surface area (Å²) in [6.07, 6.45) is 3.72. The molecule has 0 aliphatic heterocycles. The van der Waals surface area contributed by atoms with Crippen LogP contribution in [-0.4, -0.2) is 17.2 Å². The third-order valence-corrected chi connectivity index (χ3v) is 3.83. The highest BCUT2D eigenvalue weighted by molar-refractivity contribution is 5.61. The average molecular weight is 305 g/mol. The van der Waals surface area contributed by atoms with Crippen LogP contribution in [0, 0.1) is 0 Å².